The van der Waals surface area contributed by atoms with E-state index in [4.69, 9.17) is 27.9 Å². The molecule has 1 aliphatic rings. The number of thioether (sulfide) groups is 1. The van der Waals surface area contributed by atoms with Gasteiger partial charge in [-0.05, 0) is 36.4 Å². The molecule has 24 heavy (non-hydrogen) atoms. The van der Waals surface area contributed by atoms with Gasteiger partial charge in [-0.1, -0.05) is 41.0 Å². The number of carbonyl (C=O) groups excluding carboxylic acids is 1. The third-order valence-electron chi connectivity index (χ3n) is 3.78. The molecular formula is C17H15Cl2NO3S. The van der Waals surface area contributed by atoms with Crippen LogP contribution >= 0.6 is 35.0 Å². The normalized spacial score (nSPS) is 20.1. The molecule has 0 saturated carbocycles. The number of ether oxygens (including phenoxy) is 1. The molecular weight excluding hydrogens is 369 g/mol. The van der Waals surface area contributed by atoms with Crippen LogP contribution in [-0.4, -0.2) is 17.8 Å². The number of benzene rings is 2. The molecule has 2 aromatic carbocycles. The highest BCUT2D eigenvalue weighted by Crippen LogP contribution is 2.28. The maximum Gasteiger partial charge on any atom is 0.159 e. The number of aliphatic carboxylic acids is 1. The third kappa shape index (κ3) is 4.16. The fourth-order valence-corrected chi connectivity index (χ4v) is 4.21. The number of rotatable bonds is 5. The van der Waals surface area contributed by atoms with E-state index in [1.54, 1.807) is 23.9 Å². The zero-order chi connectivity index (χ0) is 17.1. The van der Waals surface area contributed by atoms with Crippen molar-refractivity contribution in [3.05, 3.63) is 63.6 Å². The Balaban J connectivity index is 1.60. The Morgan fingerprint density at radius 1 is 1.25 bits per heavy atom. The molecule has 0 aromatic heterocycles. The highest BCUT2D eigenvalue weighted by molar-refractivity contribution is 7.99. The molecule has 1 saturated heterocycles. The van der Waals surface area contributed by atoms with Gasteiger partial charge < -0.3 is 20.0 Å². The van der Waals surface area contributed by atoms with Crippen molar-refractivity contribution in [1.29, 1.82) is 0 Å². The molecule has 0 radical (unpaired) electrons. The van der Waals surface area contributed by atoms with Crippen molar-refractivity contribution in [2.75, 3.05) is 5.75 Å². The van der Waals surface area contributed by atoms with E-state index < -0.39 is 12.0 Å². The summed E-state index contributed by atoms with van der Waals surface area (Å²) in [5, 5.41) is 14.0. The van der Waals surface area contributed by atoms with Gasteiger partial charge >= 0.3 is 0 Å². The minimum Gasteiger partial charge on any atom is -0.544 e. The highest BCUT2D eigenvalue weighted by Gasteiger charge is 2.30. The monoisotopic (exact) mass is 383 g/mol. The summed E-state index contributed by atoms with van der Waals surface area (Å²) in [4.78, 5) is 10.9. The smallest absolute Gasteiger partial charge is 0.159 e. The van der Waals surface area contributed by atoms with Gasteiger partial charge in [0, 0.05) is 21.2 Å². The molecule has 3 rings (SSSR count). The number of halogens is 2. The molecule has 7 heteroatoms. The molecule has 0 amide bonds. The lowest BCUT2D eigenvalue weighted by molar-refractivity contribution is -0.690. The zero-order valence-electron chi connectivity index (χ0n) is 12.6. The van der Waals surface area contributed by atoms with Crippen LogP contribution in [0.5, 0.6) is 5.75 Å². The lowest BCUT2D eigenvalue weighted by atomic mass is 10.2. The average molecular weight is 384 g/mol. The van der Waals surface area contributed by atoms with Gasteiger partial charge in [0.05, 0.1) is 5.75 Å². The maximum atomic E-state index is 10.9. The Morgan fingerprint density at radius 3 is 2.62 bits per heavy atom. The molecule has 1 aliphatic heterocycles. The maximum absolute atomic E-state index is 10.9. The van der Waals surface area contributed by atoms with E-state index in [2.05, 4.69) is 0 Å². The van der Waals surface area contributed by atoms with Crippen LogP contribution in [-0.2, 0) is 11.4 Å². The molecule has 0 bridgehead atoms. The molecule has 0 unspecified atom stereocenters. The average Bonchev–Trinajstić information content (AvgIpc) is 3.05. The summed E-state index contributed by atoms with van der Waals surface area (Å²) in [7, 11) is 0. The Bertz CT molecular complexity index is 739. The number of hydrogen-bond acceptors (Lipinski definition) is 4. The molecule has 1 heterocycles. The fraction of sp³-hybridized carbons (Fsp3) is 0.235. The van der Waals surface area contributed by atoms with Crippen molar-refractivity contribution in [2.45, 2.75) is 18.0 Å². The quantitative estimate of drug-likeness (QED) is 0.857. The van der Waals surface area contributed by atoms with Gasteiger partial charge in [-0.25, -0.2) is 0 Å². The van der Waals surface area contributed by atoms with E-state index in [-0.39, 0.29) is 5.37 Å². The summed E-state index contributed by atoms with van der Waals surface area (Å²) in [5.74, 6) is 0.273. The predicted molar refractivity (Wildman–Crippen MR) is 93.2 cm³/mol. The second-order valence-electron chi connectivity index (χ2n) is 5.47. The van der Waals surface area contributed by atoms with Crippen LogP contribution in [0.15, 0.2) is 42.5 Å². The summed E-state index contributed by atoms with van der Waals surface area (Å²) in [6.07, 6.45) is 0. The Kier molecular flexibility index (Phi) is 5.56. The van der Waals surface area contributed by atoms with Crippen LogP contribution in [0.25, 0.3) is 0 Å². The topological polar surface area (TPSA) is 66.0 Å². The van der Waals surface area contributed by atoms with Crippen molar-refractivity contribution < 1.29 is 20.0 Å². The van der Waals surface area contributed by atoms with Gasteiger partial charge in [0.1, 0.15) is 24.4 Å². The van der Waals surface area contributed by atoms with Gasteiger partial charge in [-0.15, -0.1) is 0 Å². The van der Waals surface area contributed by atoms with E-state index >= 15 is 0 Å². The lowest BCUT2D eigenvalue weighted by Gasteiger charge is -2.12. The van der Waals surface area contributed by atoms with Crippen LogP contribution in [0.3, 0.4) is 0 Å². The van der Waals surface area contributed by atoms with Crippen molar-refractivity contribution in [2.24, 2.45) is 0 Å². The Morgan fingerprint density at radius 2 is 2.00 bits per heavy atom. The van der Waals surface area contributed by atoms with Crippen molar-refractivity contribution in [3.63, 3.8) is 0 Å². The summed E-state index contributed by atoms with van der Waals surface area (Å²) in [5.41, 5.74) is 1.92. The first-order valence-electron chi connectivity index (χ1n) is 7.37. The number of carboxylic acid groups (broad SMARTS) is 1. The SMILES string of the molecule is O=C([O-])[C@H]1CS[C@H](c2ccc(OCc3ccc(Cl)cc3Cl)cc2)[NH2+]1. The minimum atomic E-state index is -1.01. The predicted octanol–water partition coefficient (Wildman–Crippen LogP) is 2.00. The van der Waals surface area contributed by atoms with Gasteiger partial charge in [0.15, 0.2) is 5.37 Å². The van der Waals surface area contributed by atoms with Gasteiger partial charge in [-0.2, -0.15) is 0 Å². The van der Waals surface area contributed by atoms with Crippen LogP contribution in [0.4, 0.5) is 0 Å². The van der Waals surface area contributed by atoms with Crippen LogP contribution in [0, 0.1) is 0 Å². The van der Waals surface area contributed by atoms with Crippen molar-refractivity contribution in [3.8, 4) is 5.75 Å². The van der Waals surface area contributed by atoms with Gasteiger partial charge in [0.2, 0.25) is 0 Å². The highest BCUT2D eigenvalue weighted by atomic mass is 35.5. The Hall–Kier alpha value is -1.40. The molecule has 0 spiro atoms. The summed E-state index contributed by atoms with van der Waals surface area (Å²) in [6, 6.07) is 12.5. The lowest BCUT2D eigenvalue weighted by Crippen LogP contribution is -2.90. The summed E-state index contributed by atoms with van der Waals surface area (Å²) in [6.45, 7) is 0.354. The molecule has 126 valence electrons. The molecule has 2 atom stereocenters. The number of nitrogens with two attached hydrogens (primary N) is 1. The molecule has 1 fully saturated rings. The van der Waals surface area contributed by atoms with E-state index in [1.165, 1.54) is 0 Å². The van der Waals surface area contributed by atoms with Gasteiger partial charge in [-0.3, -0.25) is 0 Å². The van der Waals surface area contributed by atoms with Crippen LogP contribution < -0.4 is 15.2 Å². The first-order chi connectivity index (χ1) is 11.5. The number of carbonyl (C=O) groups is 1. The van der Waals surface area contributed by atoms with Crippen molar-refractivity contribution in [1.82, 2.24) is 0 Å². The fourth-order valence-electron chi connectivity index (χ4n) is 2.44. The summed E-state index contributed by atoms with van der Waals surface area (Å²) < 4.78 is 5.74. The number of carboxylic acids is 1. The molecule has 2 aromatic rings. The van der Waals surface area contributed by atoms with Crippen LogP contribution in [0.2, 0.25) is 10.0 Å². The first kappa shape index (κ1) is 17.4. The molecule has 2 N–H and O–H groups in total. The Labute approximate surface area is 154 Å². The standard InChI is InChI=1S/C17H15Cl2NO3S/c18-12-4-1-11(14(19)7-12)8-23-13-5-2-10(3-6-13)16-20-15(9-24-16)17(21)22/h1-7,15-16,20H,8-9H2,(H,21,22)/t15-,16-/m1/s1. The van der Waals surface area contributed by atoms with E-state index in [0.29, 0.717) is 22.4 Å². The second-order valence-corrected chi connectivity index (χ2v) is 7.48. The first-order valence-corrected chi connectivity index (χ1v) is 9.17. The van der Waals surface area contributed by atoms with E-state index in [9.17, 15) is 9.90 Å². The van der Waals surface area contributed by atoms with Crippen molar-refractivity contribution >= 4 is 40.9 Å². The minimum absolute atomic E-state index is 0.0765. The second kappa shape index (κ2) is 7.66. The van der Waals surface area contributed by atoms with E-state index in [1.807, 2.05) is 35.6 Å². The van der Waals surface area contributed by atoms with Crippen LogP contribution in [0.1, 0.15) is 16.5 Å². The number of hydrogen-bond donors (Lipinski definition) is 1. The largest absolute Gasteiger partial charge is 0.544 e. The number of quaternary nitrogens is 1. The summed E-state index contributed by atoms with van der Waals surface area (Å²) >= 11 is 13.6. The molecule has 0 aliphatic carbocycles. The molecule has 4 nitrogen and oxygen atoms in total. The third-order valence-corrected chi connectivity index (χ3v) is 5.71. The van der Waals surface area contributed by atoms with Gasteiger partial charge in [0.25, 0.3) is 0 Å². The van der Waals surface area contributed by atoms with E-state index in [0.717, 1.165) is 16.9 Å². The zero-order valence-corrected chi connectivity index (χ0v) is 14.9.